The third-order valence-corrected chi connectivity index (χ3v) is 4.17. The molecule has 2 atom stereocenters. The molecular weight excluding hydrogens is 290 g/mol. The lowest BCUT2D eigenvalue weighted by Gasteiger charge is -2.14. The quantitative estimate of drug-likeness (QED) is 0.284. The molecule has 0 saturated carbocycles. The third kappa shape index (κ3) is 15.6. The monoisotopic (exact) mass is 327 g/mol. The molecule has 0 aliphatic rings. The number of allylic oxidation sites excluding steroid dienone is 1. The number of carbonyl (C=O) groups is 1. The van der Waals surface area contributed by atoms with Crippen molar-refractivity contribution in [2.24, 2.45) is 0 Å². The fourth-order valence-corrected chi connectivity index (χ4v) is 2.61. The van der Waals surface area contributed by atoms with Gasteiger partial charge in [0.15, 0.2) is 0 Å². The summed E-state index contributed by atoms with van der Waals surface area (Å²) in [6.07, 6.45) is 17.4. The minimum Gasteiger partial charge on any atom is -0.465 e. The van der Waals surface area contributed by atoms with E-state index in [1.807, 2.05) is 6.08 Å². The zero-order valence-electron chi connectivity index (χ0n) is 15.1. The SMILES string of the molecule is CCCCCCCCCCCCC/C=C/[C@H](O)[C@H](C)NC(=O)O. The second-order valence-corrected chi connectivity index (χ2v) is 6.48. The van der Waals surface area contributed by atoms with Crippen molar-refractivity contribution in [1.29, 1.82) is 0 Å². The summed E-state index contributed by atoms with van der Waals surface area (Å²) in [5, 5.41) is 20.6. The largest absolute Gasteiger partial charge is 0.465 e. The molecule has 0 heterocycles. The fourth-order valence-electron chi connectivity index (χ4n) is 2.61. The number of amides is 1. The maximum absolute atomic E-state index is 10.5. The van der Waals surface area contributed by atoms with Crippen LogP contribution in [0.15, 0.2) is 12.2 Å². The van der Waals surface area contributed by atoms with Gasteiger partial charge < -0.3 is 15.5 Å². The number of unbranched alkanes of at least 4 members (excludes halogenated alkanes) is 11. The third-order valence-electron chi connectivity index (χ3n) is 4.17. The van der Waals surface area contributed by atoms with Gasteiger partial charge in [0.1, 0.15) is 0 Å². The number of carboxylic acid groups (broad SMARTS) is 1. The number of aliphatic hydroxyl groups excluding tert-OH is 1. The Morgan fingerprint density at radius 1 is 0.957 bits per heavy atom. The fraction of sp³-hybridized carbons (Fsp3) is 0.842. The number of nitrogens with one attached hydrogen (secondary N) is 1. The molecule has 4 heteroatoms. The molecule has 4 nitrogen and oxygen atoms in total. The van der Waals surface area contributed by atoms with Crippen LogP contribution in [0.4, 0.5) is 4.79 Å². The van der Waals surface area contributed by atoms with Crippen LogP contribution in [-0.2, 0) is 0 Å². The molecule has 0 rings (SSSR count). The Balaban J connectivity index is 3.35. The lowest BCUT2D eigenvalue weighted by atomic mass is 10.0. The molecule has 0 bridgehead atoms. The molecule has 0 aromatic heterocycles. The molecule has 136 valence electrons. The first-order chi connectivity index (χ1) is 11.1. The van der Waals surface area contributed by atoms with E-state index in [0.29, 0.717) is 0 Å². The standard InChI is InChI=1S/C19H37NO3/c1-3-4-5-6-7-8-9-10-11-12-13-14-15-16-18(21)17(2)20-19(22)23/h15-18,20-21H,3-14H2,1-2H3,(H,22,23)/b16-15+/t17-,18-/m0/s1. The van der Waals surface area contributed by atoms with Gasteiger partial charge in [-0.3, -0.25) is 0 Å². The molecule has 3 N–H and O–H groups in total. The summed E-state index contributed by atoms with van der Waals surface area (Å²) < 4.78 is 0. The maximum atomic E-state index is 10.5. The average molecular weight is 328 g/mol. The maximum Gasteiger partial charge on any atom is 0.404 e. The summed E-state index contributed by atoms with van der Waals surface area (Å²) in [5.41, 5.74) is 0. The van der Waals surface area contributed by atoms with Crippen LogP contribution < -0.4 is 5.32 Å². The number of hydrogen-bond donors (Lipinski definition) is 3. The Kier molecular flexibility index (Phi) is 15.1. The van der Waals surface area contributed by atoms with Crippen molar-refractivity contribution in [3.8, 4) is 0 Å². The lowest BCUT2D eigenvalue weighted by molar-refractivity contribution is 0.156. The van der Waals surface area contributed by atoms with Gasteiger partial charge in [0, 0.05) is 0 Å². The summed E-state index contributed by atoms with van der Waals surface area (Å²) in [6, 6.07) is -0.471. The molecule has 0 aromatic rings. The summed E-state index contributed by atoms with van der Waals surface area (Å²) in [6.45, 7) is 3.91. The van der Waals surface area contributed by atoms with Gasteiger partial charge in [-0.25, -0.2) is 4.79 Å². The van der Waals surface area contributed by atoms with Crippen molar-refractivity contribution < 1.29 is 15.0 Å². The first-order valence-corrected chi connectivity index (χ1v) is 9.42. The Morgan fingerprint density at radius 2 is 1.43 bits per heavy atom. The van der Waals surface area contributed by atoms with Crippen LogP contribution in [0, 0.1) is 0 Å². The van der Waals surface area contributed by atoms with Crippen molar-refractivity contribution >= 4 is 6.09 Å². The van der Waals surface area contributed by atoms with Crippen molar-refractivity contribution in [2.45, 2.75) is 103 Å². The molecule has 0 aliphatic carbocycles. The summed E-state index contributed by atoms with van der Waals surface area (Å²) in [7, 11) is 0. The Labute approximate surface area is 142 Å². The van der Waals surface area contributed by atoms with Crippen molar-refractivity contribution in [3.63, 3.8) is 0 Å². The Morgan fingerprint density at radius 3 is 1.91 bits per heavy atom. The van der Waals surface area contributed by atoms with Gasteiger partial charge in [0.25, 0.3) is 0 Å². The van der Waals surface area contributed by atoms with Crippen molar-refractivity contribution in [1.82, 2.24) is 5.32 Å². The van der Waals surface area contributed by atoms with Gasteiger partial charge in [-0.15, -0.1) is 0 Å². The van der Waals surface area contributed by atoms with Gasteiger partial charge in [-0.1, -0.05) is 83.3 Å². The first kappa shape index (κ1) is 22.0. The summed E-state index contributed by atoms with van der Waals surface area (Å²) in [5.74, 6) is 0. The van der Waals surface area contributed by atoms with E-state index in [1.165, 1.54) is 64.2 Å². The molecular formula is C19H37NO3. The van der Waals surface area contributed by atoms with Crippen LogP contribution in [0.5, 0.6) is 0 Å². The van der Waals surface area contributed by atoms with E-state index in [0.717, 1.165) is 12.8 Å². The van der Waals surface area contributed by atoms with E-state index >= 15 is 0 Å². The van der Waals surface area contributed by atoms with Crippen LogP contribution in [0.2, 0.25) is 0 Å². The predicted octanol–water partition coefficient (Wildman–Crippen LogP) is 5.26. The minimum absolute atomic E-state index is 0.471. The zero-order chi connectivity index (χ0) is 17.3. The number of hydrogen-bond acceptors (Lipinski definition) is 2. The highest BCUT2D eigenvalue weighted by molar-refractivity contribution is 5.64. The molecule has 0 spiro atoms. The van der Waals surface area contributed by atoms with Gasteiger partial charge in [0.2, 0.25) is 0 Å². The molecule has 1 amide bonds. The van der Waals surface area contributed by atoms with Crippen LogP contribution in [-0.4, -0.2) is 28.5 Å². The van der Waals surface area contributed by atoms with Gasteiger partial charge in [-0.2, -0.15) is 0 Å². The van der Waals surface area contributed by atoms with Crippen LogP contribution in [0.3, 0.4) is 0 Å². The summed E-state index contributed by atoms with van der Waals surface area (Å²) in [4.78, 5) is 10.5. The van der Waals surface area contributed by atoms with E-state index < -0.39 is 18.2 Å². The molecule has 0 aliphatic heterocycles. The smallest absolute Gasteiger partial charge is 0.404 e. The molecule has 0 radical (unpaired) electrons. The second-order valence-electron chi connectivity index (χ2n) is 6.48. The highest BCUT2D eigenvalue weighted by atomic mass is 16.4. The zero-order valence-corrected chi connectivity index (χ0v) is 15.1. The van der Waals surface area contributed by atoms with Crippen LogP contribution >= 0.6 is 0 Å². The van der Waals surface area contributed by atoms with Crippen LogP contribution in [0.25, 0.3) is 0 Å². The normalized spacial score (nSPS) is 14.0. The van der Waals surface area contributed by atoms with Gasteiger partial charge in [0.05, 0.1) is 12.1 Å². The first-order valence-electron chi connectivity index (χ1n) is 9.42. The molecule has 23 heavy (non-hydrogen) atoms. The van der Waals surface area contributed by atoms with Crippen molar-refractivity contribution in [2.75, 3.05) is 0 Å². The average Bonchev–Trinajstić information content (AvgIpc) is 2.51. The van der Waals surface area contributed by atoms with E-state index in [-0.39, 0.29) is 0 Å². The minimum atomic E-state index is -1.10. The Hall–Kier alpha value is -1.03. The predicted molar refractivity (Wildman–Crippen MR) is 96.8 cm³/mol. The highest BCUT2D eigenvalue weighted by Gasteiger charge is 2.12. The lowest BCUT2D eigenvalue weighted by Crippen LogP contribution is -2.39. The molecule has 0 saturated heterocycles. The van der Waals surface area contributed by atoms with E-state index in [9.17, 15) is 9.90 Å². The van der Waals surface area contributed by atoms with Gasteiger partial charge >= 0.3 is 6.09 Å². The van der Waals surface area contributed by atoms with E-state index in [4.69, 9.17) is 5.11 Å². The highest BCUT2D eigenvalue weighted by Crippen LogP contribution is 2.12. The molecule has 0 unspecified atom stereocenters. The molecule has 0 fully saturated rings. The topological polar surface area (TPSA) is 69.6 Å². The second kappa shape index (κ2) is 15.9. The molecule has 0 aromatic carbocycles. The van der Waals surface area contributed by atoms with Gasteiger partial charge in [-0.05, 0) is 19.8 Å². The van der Waals surface area contributed by atoms with E-state index in [2.05, 4.69) is 12.2 Å². The van der Waals surface area contributed by atoms with Crippen LogP contribution in [0.1, 0.15) is 90.9 Å². The number of rotatable bonds is 15. The number of aliphatic hydroxyl groups is 1. The van der Waals surface area contributed by atoms with Crippen molar-refractivity contribution in [3.05, 3.63) is 12.2 Å². The Bertz CT molecular complexity index is 305. The summed E-state index contributed by atoms with van der Waals surface area (Å²) >= 11 is 0. The van der Waals surface area contributed by atoms with E-state index in [1.54, 1.807) is 13.0 Å².